The van der Waals surface area contributed by atoms with Crippen molar-refractivity contribution in [3.63, 3.8) is 0 Å². The highest BCUT2D eigenvalue weighted by Gasteiger charge is 2.24. The van der Waals surface area contributed by atoms with Crippen LogP contribution in [0.1, 0.15) is 6.42 Å². The Morgan fingerprint density at radius 2 is 2.22 bits per heavy atom. The van der Waals surface area contributed by atoms with Crippen molar-refractivity contribution in [2.45, 2.75) is 6.42 Å². The van der Waals surface area contributed by atoms with Gasteiger partial charge in [-0.1, -0.05) is 0 Å². The molecule has 0 unspecified atom stereocenters. The monoisotopic (exact) mass is 245 g/mol. The number of aromatic nitrogens is 2. The van der Waals surface area contributed by atoms with Gasteiger partial charge in [-0.25, -0.2) is 9.31 Å². The minimum atomic E-state index is -0.433. The average molecular weight is 245 g/mol. The zero-order chi connectivity index (χ0) is 12.7. The van der Waals surface area contributed by atoms with Crippen LogP contribution in [0.15, 0.2) is 24.5 Å². The molecule has 0 atom stereocenters. The molecule has 7 heteroatoms. The van der Waals surface area contributed by atoms with Crippen LogP contribution in [0, 0.1) is 0 Å². The molecule has 0 aliphatic carbocycles. The minimum absolute atomic E-state index is 0.260. The second-order valence-corrected chi connectivity index (χ2v) is 4.07. The third-order valence-electron chi connectivity index (χ3n) is 2.89. The van der Waals surface area contributed by atoms with Crippen LogP contribution in [0.3, 0.4) is 0 Å². The predicted molar refractivity (Wildman–Crippen MR) is 65.1 cm³/mol. The van der Waals surface area contributed by atoms with Crippen molar-refractivity contribution in [1.82, 2.24) is 14.9 Å². The van der Waals surface area contributed by atoms with Crippen molar-refractivity contribution >= 4 is 28.8 Å². The van der Waals surface area contributed by atoms with E-state index in [1.54, 1.807) is 29.0 Å². The summed E-state index contributed by atoms with van der Waals surface area (Å²) in [5.74, 6) is -0.260. The first-order valence-corrected chi connectivity index (χ1v) is 5.49. The molecule has 18 heavy (non-hydrogen) atoms. The number of pyridine rings is 1. The van der Waals surface area contributed by atoms with E-state index in [2.05, 4.69) is 10.4 Å². The Labute approximate surface area is 102 Å². The van der Waals surface area contributed by atoms with Crippen LogP contribution in [0.4, 0.5) is 16.2 Å². The van der Waals surface area contributed by atoms with Gasteiger partial charge in [0.2, 0.25) is 5.91 Å². The Bertz CT molecular complexity index is 648. The summed E-state index contributed by atoms with van der Waals surface area (Å²) in [6.07, 6.45) is 3.62. The summed E-state index contributed by atoms with van der Waals surface area (Å²) >= 11 is 0. The molecule has 3 rings (SSSR count). The van der Waals surface area contributed by atoms with E-state index in [1.807, 2.05) is 0 Å². The largest absolute Gasteiger partial charge is 0.397 e. The van der Waals surface area contributed by atoms with Crippen molar-refractivity contribution in [3.05, 3.63) is 24.5 Å². The van der Waals surface area contributed by atoms with Gasteiger partial charge in [-0.3, -0.25) is 15.0 Å². The lowest BCUT2D eigenvalue weighted by Crippen LogP contribution is -2.49. The van der Waals surface area contributed by atoms with E-state index in [0.29, 0.717) is 17.9 Å². The molecule has 1 aliphatic rings. The van der Waals surface area contributed by atoms with Gasteiger partial charge >= 0.3 is 6.03 Å². The first kappa shape index (κ1) is 10.6. The highest BCUT2D eigenvalue weighted by Crippen LogP contribution is 2.23. The number of nitrogens with one attached hydrogen (secondary N) is 1. The predicted octanol–water partition coefficient (Wildman–Crippen LogP) is 0.363. The van der Waals surface area contributed by atoms with Crippen LogP contribution in [-0.4, -0.2) is 28.1 Å². The highest BCUT2D eigenvalue weighted by atomic mass is 16.2. The Balaban J connectivity index is 2.03. The van der Waals surface area contributed by atoms with Gasteiger partial charge in [-0.15, -0.1) is 0 Å². The zero-order valence-electron chi connectivity index (χ0n) is 9.46. The van der Waals surface area contributed by atoms with Gasteiger partial charge in [0.25, 0.3) is 0 Å². The Hall–Kier alpha value is -2.57. The summed E-state index contributed by atoms with van der Waals surface area (Å²) in [6, 6.07) is 3.06. The molecule has 0 bridgehead atoms. The smallest absolute Gasteiger partial charge is 0.328 e. The van der Waals surface area contributed by atoms with E-state index in [4.69, 9.17) is 5.73 Å². The number of nitrogens with zero attached hydrogens (tertiary/aromatic N) is 3. The number of imide groups is 1. The van der Waals surface area contributed by atoms with Gasteiger partial charge in [-0.05, 0) is 12.1 Å². The van der Waals surface area contributed by atoms with Crippen LogP contribution in [0.5, 0.6) is 0 Å². The van der Waals surface area contributed by atoms with E-state index in [1.165, 1.54) is 4.90 Å². The van der Waals surface area contributed by atoms with Crippen LogP contribution in [0.25, 0.3) is 5.52 Å². The number of nitrogen functional groups attached to an aromatic ring is 1. The maximum atomic E-state index is 11.7. The molecule has 3 amide bonds. The van der Waals surface area contributed by atoms with Crippen LogP contribution in [-0.2, 0) is 4.79 Å². The number of hydrogen-bond donors (Lipinski definition) is 2. The number of hydrogen-bond acceptors (Lipinski definition) is 4. The van der Waals surface area contributed by atoms with Gasteiger partial charge in [0.15, 0.2) is 0 Å². The molecule has 3 N–H and O–H groups in total. The van der Waals surface area contributed by atoms with Gasteiger partial charge in [0.05, 0.1) is 29.3 Å². The molecule has 0 spiro atoms. The number of carbonyl (C=O) groups is 2. The molecule has 1 saturated heterocycles. The summed E-state index contributed by atoms with van der Waals surface area (Å²) in [4.78, 5) is 24.3. The first-order valence-electron chi connectivity index (χ1n) is 5.49. The Kier molecular flexibility index (Phi) is 2.19. The maximum Gasteiger partial charge on any atom is 0.328 e. The topological polar surface area (TPSA) is 92.7 Å². The summed E-state index contributed by atoms with van der Waals surface area (Å²) in [5, 5.41) is 6.35. The normalized spacial score (nSPS) is 16.1. The molecule has 1 fully saturated rings. The molecule has 7 nitrogen and oxygen atoms in total. The number of carbonyl (C=O) groups excluding carboxylic acids is 2. The lowest BCUT2D eigenvalue weighted by atomic mass is 10.2. The number of urea groups is 1. The van der Waals surface area contributed by atoms with Gasteiger partial charge in [0.1, 0.15) is 0 Å². The van der Waals surface area contributed by atoms with Crippen molar-refractivity contribution in [2.75, 3.05) is 17.2 Å². The van der Waals surface area contributed by atoms with E-state index < -0.39 is 6.03 Å². The molecular weight excluding hydrogens is 234 g/mol. The quantitative estimate of drug-likeness (QED) is 0.758. The SMILES string of the molecule is Nc1cc(N2CCC(=O)NC2=O)cn2nccc12. The summed E-state index contributed by atoms with van der Waals surface area (Å²) in [7, 11) is 0. The van der Waals surface area contributed by atoms with Gasteiger partial charge < -0.3 is 5.73 Å². The second-order valence-electron chi connectivity index (χ2n) is 4.07. The minimum Gasteiger partial charge on any atom is -0.397 e. The number of rotatable bonds is 1. The lowest BCUT2D eigenvalue weighted by molar-refractivity contribution is -0.120. The number of amides is 3. The average Bonchev–Trinajstić information content (AvgIpc) is 2.77. The van der Waals surface area contributed by atoms with E-state index in [0.717, 1.165) is 5.52 Å². The first-order chi connectivity index (χ1) is 8.65. The maximum absolute atomic E-state index is 11.7. The molecule has 1 aliphatic heterocycles. The number of anilines is 2. The molecule has 2 aromatic rings. The fraction of sp³-hybridized carbons (Fsp3) is 0.182. The molecule has 0 saturated carbocycles. The standard InChI is InChI=1S/C11H11N5O2/c12-8-5-7(6-16-9(8)1-3-13-16)15-4-2-10(17)14-11(15)18/h1,3,5-6H,2,4,12H2,(H,14,17,18). The Morgan fingerprint density at radius 1 is 1.39 bits per heavy atom. The Morgan fingerprint density at radius 3 is 3.00 bits per heavy atom. The number of nitrogens with two attached hydrogens (primary N) is 1. The van der Waals surface area contributed by atoms with Crippen LogP contribution < -0.4 is 16.0 Å². The van der Waals surface area contributed by atoms with Crippen molar-refractivity contribution < 1.29 is 9.59 Å². The fourth-order valence-electron chi connectivity index (χ4n) is 2.00. The lowest BCUT2D eigenvalue weighted by Gasteiger charge is -2.26. The summed E-state index contributed by atoms with van der Waals surface area (Å²) in [6.45, 7) is 0.344. The third kappa shape index (κ3) is 1.56. The van der Waals surface area contributed by atoms with Gasteiger partial charge in [0, 0.05) is 13.0 Å². The molecule has 2 aromatic heterocycles. The van der Waals surface area contributed by atoms with Crippen LogP contribution >= 0.6 is 0 Å². The summed E-state index contributed by atoms with van der Waals surface area (Å²) in [5.41, 5.74) is 7.84. The molecule has 0 radical (unpaired) electrons. The molecule has 0 aromatic carbocycles. The van der Waals surface area contributed by atoms with Crippen molar-refractivity contribution in [2.24, 2.45) is 0 Å². The summed E-state index contributed by atoms with van der Waals surface area (Å²) < 4.78 is 1.61. The third-order valence-corrected chi connectivity index (χ3v) is 2.89. The van der Waals surface area contributed by atoms with E-state index >= 15 is 0 Å². The fourth-order valence-corrected chi connectivity index (χ4v) is 2.00. The highest BCUT2D eigenvalue weighted by molar-refractivity contribution is 6.05. The van der Waals surface area contributed by atoms with E-state index in [-0.39, 0.29) is 12.3 Å². The van der Waals surface area contributed by atoms with Crippen molar-refractivity contribution in [1.29, 1.82) is 0 Å². The molecule has 92 valence electrons. The second kappa shape index (κ2) is 3.73. The van der Waals surface area contributed by atoms with Crippen LogP contribution in [0.2, 0.25) is 0 Å². The number of fused-ring (bicyclic) bond motifs is 1. The molecular formula is C11H11N5O2. The van der Waals surface area contributed by atoms with Gasteiger partial charge in [-0.2, -0.15) is 5.10 Å². The molecule has 3 heterocycles. The van der Waals surface area contributed by atoms with E-state index in [9.17, 15) is 9.59 Å². The van der Waals surface area contributed by atoms with Crippen molar-refractivity contribution in [3.8, 4) is 0 Å². The zero-order valence-corrected chi connectivity index (χ0v) is 9.46.